The molecule has 0 aliphatic carbocycles. The van der Waals surface area contributed by atoms with Gasteiger partial charge in [0.15, 0.2) is 23.3 Å². The first-order valence-corrected chi connectivity index (χ1v) is 4.63. The van der Waals surface area contributed by atoms with Gasteiger partial charge < -0.3 is 10.4 Å². The number of hydrogen-bond acceptors (Lipinski definition) is 2. The lowest BCUT2D eigenvalue weighted by Gasteiger charge is -2.19. The van der Waals surface area contributed by atoms with Gasteiger partial charge in [0, 0.05) is 6.54 Å². The molecule has 0 saturated heterocycles. The molecule has 96 valence electrons. The van der Waals surface area contributed by atoms with Gasteiger partial charge in [0.1, 0.15) is 5.69 Å². The maximum absolute atomic E-state index is 13.1. The van der Waals surface area contributed by atoms with Gasteiger partial charge in [-0.15, -0.1) is 0 Å². The number of halogens is 5. The monoisotopic (exact) mass is 255 g/mol. The second-order valence-electron chi connectivity index (χ2n) is 4.11. The van der Waals surface area contributed by atoms with Crippen molar-refractivity contribution in [3.63, 3.8) is 0 Å². The molecule has 1 aromatic rings. The third kappa shape index (κ3) is 2.85. The molecule has 0 unspecified atom stereocenters. The van der Waals surface area contributed by atoms with Crippen LogP contribution in [-0.2, 0) is 0 Å². The van der Waals surface area contributed by atoms with E-state index >= 15 is 0 Å². The van der Waals surface area contributed by atoms with Crippen molar-refractivity contribution in [2.45, 2.75) is 19.4 Å². The Morgan fingerprint density at radius 3 is 1.59 bits per heavy atom. The lowest BCUT2D eigenvalue weighted by atomic mass is 10.1. The Bertz CT molecular complexity index is 412. The van der Waals surface area contributed by atoms with Crippen LogP contribution in [0.25, 0.3) is 0 Å². The fraction of sp³-hybridized carbons (Fsp3) is 0.400. The normalized spacial score (nSPS) is 11.8. The van der Waals surface area contributed by atoms with E-state index in [0.717, 1.165) is 0 Å². The van der Waals surface area contributed by atoms with Gasteiger partial charge in [-0.25, -0.2) is 22.0 Å². The highest BCUT2D eigenvalue weighted by Crippen LogP contribution is 2.27. The summed E-state index contributed by atoms with van der Waals surface area (Å²) in [6.45, 7) is 2.25. The first-order valence-electron chi connectivity index (χ1n) is 4.63. The van der Waals surface area contributed by atoms with E-state index in [9.17, 15) is 27.1 Å². The Hall–Kier alpha value is -1.37. The second-order valence-corrected chi connectivity index (χ2v) is 4.11. The summed E-state index contributed by atoms with van der Waals surface area (Å²) in [4.78, 5) is 0. The number of anilines is 1. The summed E-state index contributed by atoms with van der Waals surface area (Å²) in [5, 5.41) is 11.3. The molecule has 0 spiro atoms. The minimum atomic E-state index is -2.21. The van der Waals surface area contributed by atoms with Crippen LogP contribution in [0.1, 0.15) is 13.8 Å². The van der Waals surface area contributed by atoms with Crippen molar-refractivity contribution in [1.82, 2.24) is 0 Å². The molecule has 0 aliphatic rings. The highest BCUT2D eigenvalue weighted by Gasteiger charge is 2.26. The van der Waals surface area contributed by atoms with Crippen molar-refractivity contribution in [3.8, 4) is 0 Å². The third-order valence-corrected chi connectivity index (χ3v) is 1.91. The van der Waals surface area contributed by atoms with Crippen molar-refractivity contribution in [1.29, 1.82) is 0 Å². The third-order valence-electron chi connectivity index (χ3n) is 1.91. The van der Waals surface area contributed by atoms with Crippen molar-refractivity contribution in [2.75, 3.05) is 11.9 Å². The molecule has 0 saturated carbocycles. The van der Waals surface area contributed by atoms with Crippen LogP contribution in [0.5, 0.6) is 0 Å². The van der Waals surface area contributed by atoms with E-state index in [1.54, 1.807) is 0 Å². The second kappa shape index (κ2) is 4.48. The molecule has 1 rings (SSSR count). The summed E-state index contributed by atoms with van der Waals surface area (Å²) in [6, 6.07) is 0. The van der Waals surface area contributed by atoms with Gasteiger partial charge in [0.25, 0.3) is 0 Å². The summed E-state index contributed by atoms with van der Waals surface area (Å²) in [6.07, 6.45) is 0. The summed E-state index contributed by atoms with van der Waals surface area (Å²) >= 11 is 0. The van der Waals surface area contributed by atoms with E-state index in [4.69, 9.17) is 0 Å². The summed E-state index contributed by atoms with van der Waals surface area (Å²) in [7, 11) is 0. The largest absolute Gasteiger partial charge is 0.389 e. The average Bonchev–Trinajstić information content (AvgIpc) is 2.22. The molecule has 0 atom stereocenters. The van der Waals surface area contributed by atoms with E-state index < -0.39 is 40.4 Å². The lowest BCUT2D eigenvalue weighted by Crippen LogP contribution is -2.30. The first-order chi connectivity index (χ1) is 7.65. The molecule has 1 aromatic carbocycles. The smallest absolute Gasteiger partial charge is 0.200 e. The molecule has 0 amide bonds. The molecule has 7 heteroatoms. The Balaban J connectivity index is 3.16. The Morgan fingerprint density at radius 1 is 0.882 bits per heavy atom. The fourth-order valence-corrected chi connectivity index (χ4v) is 1.06. The van der Waals surface area contributed by atoms with E-state index in [-0.39, 0.29) is 6.54 Å². The molecule has 0 heterocycles. The standard InChI is InChI=1S/C10H10F5NO/c1-10(2,17)3-16-9-7(14)5(12)4(11)6(13)8(9)15/h16-17H,3H2,1-2H3. The Labute approximate surface area is 94.1 Å². The van der Waals surface area contributed by atoms with Crippen molar-refractivity contribution in [2.24, 2.45) is 0 Å². The molecule has 0 aromatic heterocycles. The highest BCUT2D eigenvalue weighted by atomic mass is 19.2. The van der Waals surface area contributed by atoms with Gasteiger partial charge in [-0.3, -0.25) is 0 Å². The molecular formula is C10H10F5NO. The highest BCUT2D eigenvalue weighted by molar-refractivity contribution is 5.47. The van der Waals surface area contributed by atoms with Gasteiger partial charge in [-0.1, -0.05) is 0 Å². The zero-order valence-corrected chi connectivity index (χ0v) is 9.04. The number of rotatable bonds is 3. The van der Waals surface area contributed by atoms with E-state index in [1.807, 2.05) is 5.32 Å². The van der Waals surface area contributed by atoms with Crippen LogP contribution in [0.4, 0.5) is 27.6 Å². The van der Waals surface area contributed by atoms with E-state index in [2.05, 4.69) is 0 Å². The molecule has 0 radical (unpaired) electrons. The van der Waals surface area contributed by atoms with Gasteiger partial charge in [0.05, 0.1) is 5.60 Å². The minimum Gasteiger partial charge on any atom is -0.389 e. The topological polar surface area (TPSA) is 32.3 Å². The minimum absolute atomic E-state index is 0.370. The van der Waals surface area contributed by atoms with Crippen LogP contribution in [0.15, 0.2) is 0 Å². The molecular weight excluding hydrogens is 245 g/mol. The zero-order valence-electron chi connectivity index (χ0n) is 9.04. The average molecular weight is 255 g/mol. The molecule has 2 N–H and O–H groups in total. The van der Waals surface area contributed by atoms with Crippen LogP contribution in [0, 0.1) is 29.1 Å². The van der Waals surface area contributed by atoms with Crippen LogP contribution in [0.3, 0.4) is 0 Å². The van der Waals surface area contributed by atoms with Crippen molar-refractivity contribution >= 4 is 5.69 Å². The van der Waals surface area contributed by atoms with Crippen molar-refractivity contribution < 1.29 is 27.1 Å². The Kier molecular flexibility index (Phi) is 3.61. The Morgan fingerprint density at radius 2 is 1.24 bits per heavy atom. The quantitative estimate of drug-likeness (QED) is 0.494. The van der Waals surface area contributed by atoms with E-state index in [1.165, 1.54) is 13.8 Å². The van der Waals surface area contributed by atoms with Crippen LogP contribution in [-0.4, -0.2) is 17.3 Å². The van der Waals surface area contributed by atoms with Crippen molar-refractivity contribution in [3.05, 3.63) is 29.1 Å². The predicted molar refractivity (Wildman–Crippen MR) is 51.0 cm³/mol. The van der Waals surface area contributed by atoms with Gasteiger partial charge in [-0.2, -0.15) is 0 Å². The number of hydrogen-bond donors (Lipinski definition) is 2. The maximum atomic E-state index is 13.1. The van der Waals surface area contributed by atoms with Gasteiger partial charge >= 0.3 is 0 Å². The van der Waals surface area contributed by atoms with Crippen LogP contribution in [0.2, 0.25) is 0 Å². The molecule has 0 bridgehead atoms. The fourth-order valence-electron chi connectivity index (χ4n) is 1.06. The van der Waals surface area contributed by atoms with Crippen LogP contribution >= 0.6 is 0 Å². The molecule has 2 nitrogen and oxygen atoms in total. The summed E-state index contributed by atoms with van der Waals surface area (Å²) in [5.74, 6) is -10.2. The zero-order chi connectivity index (χ0) is 13.4. The number of nitrogens with one attached hydrogen (secondary N) is 1. The SMILES string of the molecule is CC(C)(O)CNc1c(F)c(F)c(F)c(F)c1F. The number of benzene rings is 1. The first kappa shape index (κ1) is 13.7. The number of aliphatic hydroxyl groups is 1. The van der Waals surface area contributed by atoms with Gasteiger partial charge in [0.2, 0.25) is 5.82 Å². The maximum Gasteiger partial charge on any atom is 0.200 e. The van der Waals surface area contributed by atoms with Crippen LogP contribution < -0.4 is 5.32 Å². The lowest BCUT2D eigenvalue weighted by molar-refractivity contribution is 0.0943. The summed E-state index contributed by atoms with van der Waals surface area (Å²) < 4.78 is 64.4. The summed E-state index contributed by atoms with van der Waals surface area (Å²) in [5.41, 5.74) is -2.51. The molecule has 17 heavy (non-hydrogen) atoms. The molecule has 0 fully saturated rings. The molecule has 0 aliphatic heterocycles. The van der Waals surface area contributed by atoms with E-state index in [0.29, 0.717) is 0 Å². The predicted octanol–water partition coefficient (Wildman–Crippen LogP) is 2.56. The van der Waals surface area contributed by atoms with Gasteiger partial charge in [-0.05, 0) is 13.8 Å².